The molecule has 1 aliphatic heterocycles. The molecule has 1 unspecified atom stereocenters. The van der Waals surface area contributed by atoms with E-state index in [9.17, 15) is 9.59 Å². The third kappa shape index (κ3) is 3.95. The number of amides is 1. The monoisotopic (exact) mass is 225 g/mol. The van der Waals surface area contributed by atoms with Crippen molar-refractivity contribution in [3.8, 4) is 0 Å². The average molecular weight is 225 g/mol. The second kappa shape index (κ2) is 6.66. The van der Waals surface area contributed by atoms with Gasteiger partial charge in [-0.15, -0.1) is 0 Å². The molecule has 1 heterocycles. The number of unbranched alkanes of at least 4 members (excludes halogenated alkanes) is 3. The molecule has 0 spiro atoms. The predicted octanol–water partition coefficient (Wildman–Crippen LogP) is 2.39. The second-order valence-corrected chi connectivity index (χ2v) is 4.77. The molecule has 0 aromatic heterocycles. The van der Waals surface area contributed by atoms with Crippen molar-refractivity contribution in [2.75, 3.05) is 13.1 Å². The molecule has 1 fully saturated rings. The number of piperidine rings is 1. The van der Waals surface area contributed by atoms with Gasteiger partial charge < -0.3 is 4.90 Å². The number of hydrogen-bond acceptors (Lipinski definition) is 2. The average Bonchev–Trinajstić information content (AvgIpc) is 2.28. The first kappa shape index (κ1) is 13.2. The second-order valence-electron chi connectivity index (χ2n) is 4.77. The van der Waals surface area contributed by atoms with Crippen LogP contribution >= 0.6 is 0 Å². The molecule has 0 radical (unpaired) electrons. The van der Waals surface area contributed by atoms with E-state index in [0.29, 0.717) is 31.7 Å². The summed E-state index contributed by atoms with van der Waals surface area (Å²) in [5.41, 5.74) is 0. The molecule has 0 N–H and O–H groups in total. The van der Waals surface area contributed by atoms with E-state index < -0.39 is 0 Å². The summed E-state index contributed by atoms with van der Waals surface area (Å²) >= 11 is 0. The zero-order valence-electron chi connectivity index (χ0n) is 10.5. The van der Waals surface area contributed by atoms with Gasteiger partial charge in [0.05, 0.1) is 0 Å². The van der Waals surface area contributed by atoms with Crippen molar-refractivity contribution < 1.29 is 9.59 Å². The molecule has 0 aliphatic carbocycles. The van der Waals surface area contributed by atoms with E-state index in [1.54, 1.807) is 0 Å². The maximum atomic E-state index is 11.8. The van der Waals surface area contributed by atoms with Crippen LogP contribution in [-0.4, -0.2) is 29.7 Å². The summed E-state index contributed by atoms with van der Waals surface area (Å²) in [6.07, 6.45) is 5.74. The van der Waals surface area contributed by atoms with Crippen LogP contribution in [0.3, 0.4) is 0 Å². The van der Waals surface area contributed by atoms with Crippen LogP contribution in [0.2, 0.25) is 0 Å². The smallest absolute Gasteiger partial charge is 0.222 e. The first-order valence-corrected chi connectivity index (χ1v) is 6.45. The lowest BCUT2D eigenvalue weighted by Gasteiger charge is -2.30. The minimum Gasteiger partial charge on any atom is -0.342 e. The Hall–Kier alpha value is -0.860. The lowest BCUT2D eigenvalue weighted by atomic mass is 9.98. The summed E-state index contributed by atoms with van der Waals surface area (Å²) in [5, 5.41) is 0. The predicted molar refractivity (Wildman–Crippen MR) is 64.1 cm³/mol. The standard InChI is InChI=1S/C13H23NO2/c1-3-4-5-6-7-13(16)14-9-8-12(15)11(2)10-14/h11H,3-10H2,1-2H3. The van der Waals surface area contributed by atoms with E-state index in [1.807, 2.05) is 11.8 Å². The molecule has 1 aliphatic rings. The summed E-state index contributed by atoms with van der Waals surface area (Å²) in [7, 11) is 0. The van der Waals surface area contributed by atoms with E-state index in [-0.39, 0.29) is 11.8 Å². The van der Waals surface area contributed by atoms with Gasteiger partial charge >= 0.3 is 0 Å². The van der Waals surface area contributed by atoms with Crippen molar-refractivity contribution in [2.24, 2.45) is 5.92 Å². The van der Waals surface area contributed by atoms with Crippen LogP contribution in [0.1, 0.15) is 52.4 Å². The fraction of sp³-hybridized carbons (Fsp3) is 0.846. The van der Waals surface area contributed by atoms with Gasteiger partial charge in [-0.25, -0.2) is 0 Å². The summed E-state index contributed by atoms with van der Waals surface area (Å²) in [6, 6.07) is 0. The van der Waals surface area contributed by atoms with Gasteiger partial charge in [0.15, 0.2) is 0 Å². The van der Waals surface area contributed by atoms with Gasteiger partial charge in [0.1, 0.15) is 5.78 Å². The van der Waals surface area contributed by atoms with Crippen molar-refractivity contribution in [2.45, 2.75) is 52.4 Å². The Kier molecular flexibility index (Phi) is 5.50. The number of nitrogens with zero attached hydrogens (tertiary/aromatic N) is 1. The maximum Gasteiger partial charge on any atom is 0.222 e. The van der Waals surface area contributed by atoms with Crippen molar-refractivity contribution in [1.82, 2.24) is 4.90 Å². The van der Waals surface area contributed by atoms with E-state index in [4.69, 9.17) is 0 Å². The van der Waals surface area contributed by atoms with Gasteiger partial charge in [-0.2, -0.15) is 0 Å². The van der Waals surface area contributed by atoms with Crippen LogP contribution in [-0.2, 0) is 9.59 Å². The van der Waals surface area contributed by atoms with E-state index in [0.717, 1.165) is 12.8 Å². The van der Waals surface area contributed by atoms with Gasteiger partial charge in [-0.3, -0.25) is 9.59 Å². The van der Waals surface area contributed by atoms with Crippen LogP contribution in [0, 0.1) is 5.92 Å². The Morgan fingerprint density at radius 1 is 1.38 bits per heavy atom. The molecule has 0 bridgehead atoms. The van der Waals surface area contributed by atoms with Crippen LogP contribution < -0.4 is 0 Å². The Bertz CT molecular complexity index is 250. The van der Waals surface area contributed by atoms with Crippen LogP contribution in [0.25, 0.3) is 0 Å². The van der Waals surface area contributed by atoms with Crippen LogP contribution in [0.15, 0.2) is 0 Å². The third-order valence-corrected chi connectivity index (χ3v) is 3.27. The van der Waals surface area contributed by atoms with Gasteiger partial charge in [-0.05, 0) is 6.42 Å². The molecule has 0 saturated carbocycles. The van der Waals surface area contributed by atoms with E-state index in [2.05, 4.69) is 6.92 Å². The zero-order valence-corrected chi connectivity index (χ0v) is 10.5. The number of carbonyl (C=O) groups excluding carboxylic acids is 2. The highest BCUT2D eigenvalue weighted by Gasteiger charge is 2.25. The molecular formula is C13H23NO2. The van der Waals surface area contributed by atoms with E-state index in [1.165, 1.54) is 12.8 Å². The largest absolute Gasteiger partial charge is 0.342 e. The maximum absolute atomic E-state index is 11.8. The summed E-state index contributed by atoms with van der Waals surface area (Å²) in [4.78, 5) is 25.0. The molecule has 16 heavy (non-hydrogen) atoms. The van der Waals surface area contributed by atoms with E-state index >= 15 is 0 Å². The van der Waals surface area contributed by atoms with Gasteiger partial charge in [0.25, 0.3) is 0 Å². The highest BCUT2D eigenvalue weighted by molar-refractivity contribution is 5.85. The number of likely N-dealkylation sites (tertiary alicyclic amines) is 1. The number of carbonyl (C=O) groups is 2. The minimum atomic E-state index is 0.0355. The van der Waals surface area contributed by atoms with Gasteiger partial charge in [0.2, 0.25) is 5.91 Å². The molecule has 92 valence electrons. The molecule has 3 nitrogen and oxygen atoms in total. The summed E-state index contributed by atoms with van der Waals surface area (Å²) in [6.45, 7) is 5.35. The van der Waals surface area contributed by atoms with Crippen LogP contribution in [0.5, 0.6) is 0 Å². The summed E-state index contributed by atoms with van der Waals surface area (Å²) < 4.78 is 0. The fourth-order valence-electron chi connectivity index (χ4n) is 2.10. The molecule has 0 aromatic carbocycles. The molecule has 1 rings (SSSR count). The highest BCUT2D eigenvalue weighted by atomic mass is 16.2. The number of Topliss-reactive ketones (excluding diaryl/α,β-unsaturated/α-hetero) is 1. The lowest BCUT2D eigenvalue weighted by molar-refractivity contribution is -0.136. The quantitative estimate of drug-likeness (QED) is 0.674. The highest BCUT2D eigenvalue weighted by Crippen LogP contribution is 2.14. The topological polar surface area (TPSA) is 37.4 Å². The first-order valence-electron chi connectivity index (χ1n) is 6.45. The molecule has 0 aromatic rings. The van der Waals surface area contributed by atoms with Crippen molar-refractivity contribution in [3.05, 3.63) is 0 Å². The molecule has 1 atom stereocenters. The van der Waals surface area contributed by atoms with Gasteiger partial charge in [0, 0.05) is 31.8 Å². The van der Waals surface area contributed by atoms with Gasteiger partial charge in [-0.1, -0.05) is 33.1 Å². The van der Waals surface area contributed by atoms with Crippen molar-refractivity contribution in [1.29, 1.82) is 0 Å². The number of hydrogen-bond donors (Lipinski definition) is 0. The molecule has 1 amide bonds. The zero-order chi connectivity index (χ0) is 12.0. The SMILES string of the molecule is CCCCCCC(=O)N1CCC(=O)C(C)C1. The normalized spacial score (nSPS) is 21.2. The third-order valence-electron chi connectivity index (χ3n) is 3.27. The Labute approximate surface area is 98.2 Å². The minimum absolute atomic E-state index is 0.0355. The lowest BCUT2D eigenvalue weighted by Crippen LogP contribution is -2.43. The Morgan fingerprint density at radius 3 is 2.75 bits per heavy atom. The van der Waals surface area contributed by atoms with Crippen molar-refractivity contribution >= 4 is 11.7 Å². The fourth-order valence-corrected chi connectivity index (χ4v) is 2.10. The number of rotatable bonds is 5. The summed E-state index contributed by atoms with van der Waals surface area (Å²) in [5.74, 6) is 0.568. The number of ketones is 1. The van der Waals surface area contributed by atoms with Crippen molar-refractivity contribution in [3.63, 3.8) is 0 Å². The molecule has 1 saturated heterocycles. The molecular weight excluding hydrogens is 202 g/mol. The Balaban J connectivity index is 2.24. The van der Waals surface area contributed by atoms with Crippen LogP contribution in [0.4, 0.5) is 0 Å². The Morgan fingerprint density at radius 2 is 2.12 bits per heavy atom. The molecule has 3 heteroatoms. The first-order chi connectivity index (χ1) is 7.65.